The molecule has 0 saturated heterocycles. The zero-order chi connectivity index (χ0) is 40.0. The molecule has 53 heavy (non-hydrogen) atoms. The lowest BCUT2D eigenvalue weighted by atomic mass is 9.93. The number of allylic oxidation sites excluding steroid dienone is 2. The lowest BCUT2D eigenvalue weighted by molar-refractivity contribution is -0.129. The number of hydrogen-bond donors (Lipinski definition) is 4. The van der Waals surface area contributed by atoms with Gasteiger partial charge in [0, 0.05) is 38.9 Å². The average molecular weight is 751 g/mol. The summed E-state index contributed by atoms with van der Waals surface area (Å²) in [6.45, 7) is 13.6. The van der Waals surface area contributed by atoms with E-state index in [0.29, 0.717) is 58.0 Å². The van der Waals surface area contributed by atoms with E-state index < -0.39 is 29.4 Å². The van der Waals surface area contributed by atoms with Crippen molar-refractivity contribution in [2.75, 3.05) is 20.1 Å². The van der Waals surface area contributed by atoms with Crippen molar-refractivity contribution in [2.45, 2.75) is 201 Å². The lowest BCUT2D eigenvalue weighted by Gasteiger charge is -2.23. The normalized spacial score (nSPS) is 12.9. The summed E-state index contributed by atoms with van der Waals surface area (Å²) < 4.78 is 10.6. The van der Waals surface area contributed by atoms with Gasteiger partial charge in [-0.25, -0.2) is 9.59 Å². The number of carbonyl (C=O) groups excluding carboxylic acids is 5. The fraction of sp³-hybridized carbons (Fsp3) is 0.833. The molecule has 0 rings (SSSR count). The van der Waals surface area contributed by atoms with Gasteiger partial charge in [0.1, 0.15) is 23.0 Å². The Kier molecular flexibility index (Phi) is 28.5. The average Bonchev–Trinajstić information content (AvgIpc) is 3.06. The zero-order valence-corrected chi connectivity index (χ0v) is 34.9. The maximum absolute atomic E-state index is 13.1. The first-order chi connectivity index (χ1) is 25.1. The molecular formula is C42H78N4O7. The second-order valence-corrected chi connectivity index (χ2v) is 16.3. The molecule has 0 aliphatic carbocycles. The summed E-state index contributed by atoms with van der Waals surface area (Å²) in [6, 6.07) is -0.806. The molecular weight excluding hydrogens is 672 g/mol. The minimum atomic E-state index is -0.806. The van der Waals surface area contributed by atoms with Crippen molar-refractivity contribution >= 4 is 29.8 Å². The molecule has 308 valence electrons. The van der Waals surface area contributed by atoms with Crippen LogP contribution < -0.4 is 21.3 Å². The van der Waals surface area contributed by atoms with E-state index in [1.807, 2.05) is 0 Å². The van der Waals surface area contributed by atoms with Crippen LogP contribution in [0.5, 0.6) is 0 Å². The van der Waals surface area contributed by atoms with Crippen LogP contribution in [0.2, 0.25) is 0 Å². The Balaban J connectivity index is 4.49. The van der Waals surface area contributed by atoms with Crippen LogP contribution in [0.1, 0.15) is 183 Å². The maximum atomic E-state index is 13.1. The molecule has 4 amide bonds. The number of nitrogens with one attached hydrogen (secondary N) is 4. The molecule has 0 fully saturated rings. The number of alkyl carbamates (subject to hydrolysis) is 2. The molecule has 0 aliphatic rings. The second-order valence-electron chi connectivity index (χ2n) is 16.3. The summed E-state index contributed by atoms with van der Waals surface area (Å²) in [6.07, 6.45) is 23.3. The summed E-state index contributed by atoms with van der Waals surface area (Å²) in [4.78, 5) is 62.7. The van der Waals surface area contributed by atoms with Crippen molar-refractivity contribution in [3.8, 4) is 0 Å². The van der Waals surface area contributed by atoms with Crippen LogP contribution in [-0.2, 0) is 23.9 Å². The molecule has 0 bridgehead atoms. The highest BCUT2D eigenvalue weighted by Gasteiger charge is 2.25. The van der Waals surface area contributed by atoms with Crippen molar-refractivity contribution in [3.05, 3.63) is 12.2 Å². The van der Waals surface area contributed by atoms with Gasteiger partial charge in [0.05, 0.1) is 0 Å². The summed E-state index contributed by atoms with van der Waals surface area (Å²) in [7, 11) is 1.59. The molecule has 0 aromatic rings. The Bertz CT molecular complexity index is 1050. The number of carbonyl (C=O) groups is 5. The summed E-state index contributed by atoms with van der Waals surface area (Å²) in [5.74, 6) is -0.715. The minimum absolute atomic E-state index is 0.127. The van der Waals surface area contributed by atoms with Crippen molar-refractivity contribution in [1.29, 1.82) is 0 Å². The van der Waals surface area contributed by atoms with Crippen LogP contribution in [-0.4, -0.2) is 67.2 Å². The van der Waals surface area contributed by atoms with Crippen LogP contribution in [0.25, 0.3) is 0 Å². The lowest BCUT2D eigenvalue weighted by Crippen LogP contribution is -2.48. The maximum Gasteiger partial charge on any atom is 0.408 e. The Morgan fingerprint density at radius 1 is 0.585 bits per heavy atom. The monoisotopic (exact) mass is 751 g/mol. The van der Waals surface area contributed by atoms with Gasteiger partial charge in [0.25, 0.3) is 0 Å². The summed E-state index contributed by atoms with van der Waals surface area (Å²) in [5.41, 5.74) is -1.30. The van der Waals surface area contributed by atoms with E-state index in [2.05, 4.69) is 40.3 Å². The van der Waals surface area contributed by atoms with Gasteiger partial charge >= 0.3 is 12.2 Å². The first kappa shape index (κ1) is 49.9. The van der Waals surface area contributed by atoms with Gasteiger partial charge in [0.15, 0.2) is 0 Å². The number of hydrogen-bond acceptors (Lipinski definition) is 7. The van der Waals surface area contributed by atoms with E-state index in [1.54, 1.807) is 48.6 Å². The molecule has 0 radical (unpaired) electrons. The molecule has 11 heteroatoms. The largest absolute Gasteiger partial charge is 0.444 e. The number of rotatable bonds is 30. The third kappa shape index (κ3) is 32.1. The Labute approximate surface area is 322 Å². The zero-order valence-electron chi connectivity index (χ0n) is 34.9. The molecule has 0 saturated carbocycles. The number of ketones is 1. The van der Waals surface area contributed by atoms with Crippen LogP contribution in [0, 0.1) is 5.92 Å². The van der Waals surface area contributed by atoms with E-state index in [0.717, 1.165) is 25.7 Å². The van der Waals surface area contributed by atoms with Crippen molar-refractivity contribution in [1.82, 2.24) is 21.3 Å². The van der Waals surface area contributed by atoms with Crippen LogP contribution >= 0.6 is 0 Å². The fourth-order valence-corrected chi connectivity index (χ4v) is 5.85. The molecule has 2 unspecified atom stereocenters. The third-order valence-corrected chi connectivity index (χ3v) is 8.68. The van der Waals surface area contributed by atoms with Crippen LogP contribution in [0.4, 0.5) is 9.59 Å². The number of amides is 4. The standard InChI is InChI=1S/C42H78N4O7/c1-9-10-11-12-13-14-15-16-17-18-19-20-21-22-23-29-35(47)33-34(37(48)43-8)28-24-26-31-44-38(49)36(46-40(51)53-42(5,6)7)30-25-27-32-45-39(50)52-41(2,3)4/h16-17,34,36H,9-15,18-33H2,1-8H3,(H,43,48)(H,44,49)(H,45,50)(H,46,51)/b17-16-. The Hall–Kier alpha value is -3.11. The predicted molar refractivity (Wildman–Crippen MR) is 215 cm³/mol. The number of unbranched alkanes of at least 4 members (excludes halogenated alkanes) is 13. The predicted octanol–water partition coefficient (Wildman–Crippen LogP) is 9.22. The van der Waals surface area contributed by atoms with Crippen molar-refractivity contribution in [3.63, 3.8) is 0 Å². The first-order valence-corrected chi connectivity index (χ1v) is 20.7. The molecule has 4 N–H and O–H groups in total. The molecule has 0 heterocycles. The highest BCUT2D eigenvalue weighted by Crippen LogP contribution is 2.17. The van der Waals surface area contributed by atoms with E-state index in [9.17, 15) is 24.0 Å². The molecule has 11 nitrogen and oxygen atoms in total. The number of Topliss-reactive ketones (excluding diaryl/α,β-unsaturated/α-hetero) is 1. The third-order valence-electron chi connectivity index (χ3n) is 8.68. The van der Waals surface area contributed by atoms with Gasteiger partial charge in [-0.2, -0.15) is 0 Å². The Morgan fingerprint density at radius 3 is 1.66 bits per heavy atom. The van der Waals surface area contributed by atoms with Crippen LogP contribution in [0.3, 0.4) is 0 Å². The van der Waals surface area contributed by atoms with Gasteiger partial charge in [-0.3, -0.25) is 14.4 Å². The topological polar surface area (TPSA) is 152 Å². The van der Waals surface area contributed by atoms with E-state index in [1.165, 1.54) is 57.8 Å². The van der Waals surface area contributed by atoms with E-state index >= 15 is 0 Å². The minimum Gasteiger partial charge on any atom is -0.444 e. The SMILES string of the molecule is CCCCCCCC/C=C\CCCCCCCC(=O)CC(CCCCNC(=O)C(CCCCNC(=O)OC(C)(C)C)NC(=O)OC(C)(C)C)C(=O)NC. The fourth-order valence-electron chi connectivity index (χ4n) is 5.85. The molecule has 0 aliphatic heterocycles. The second kappa shape index (κ2) is 30.2. The quantitative estimate of drug-likeness (QED) is 0.0422. The highest BCUT2D eigenvalue weighted by atomic mass is 16.6. The number of ether oxygens (including phenoxy) is 2. The van der Waals surface area contributed by atoms with Crippen molar-refractivity contribution < 1.29 is 33.4 Å². The smallest absolute Gasteiger partial charge is 0.408 e. The molecule has 0 spiro atoms. The molecule has 2 atom stereocenters. The summed E-state index contributed by atoms with van der Waals surface area (Å²) >= 11 is 0. The Morgan fingerprint density at radius 2 is 1.09 bits per heavy atom. The van der Waals surface area contributed by atoms with Crippen molar-refractivity contribution in [2.24, 2.45) is 5.92 Å². The van der Waals surface area contributed by atoms with Gasteiger partial charge in [-0.1, -0.05) is 76.9 Å². The highest BCUT2D eigenvalue weighted by molar-refractivity contribution is 5.87. The van der Waals surface area contributed by atoms with Gasteiger partial charge in [0.2, 0.25) is 11.8 Å². The molecule has 0 aromatic heterocycles. The van der Waals surface area contributed by atoms with E-state index in [-0.39, 0.29) is 29.9 Å². The first-order valence-electron chi connectivity index (χ1n) is 20.7. The summed E-state index contributed by atoms with van der Waals surface area (Å²) in [5, 5.41) is 11.0. The van der Waals surface area contributed by atoms with Gasteiger partial charge in [-0.15, -0.1) is 0 Å². The van der Waals surface area contributed by atoms with Gasteiger partial charge < -0.3 is 30.7 Å². The van der Waals surface area contributed by atoms with Gasteiger partial charge in [-0.05, 0) is 106 Å². The molecule has 0 aromatic carbocycles. The van der Waals surface area contributed by atoms with E-state index in [4.69, 9.17) is 9.47 Å². The van der Waals surface area contributed by atoms with Crippen LogP contribution in [0.15, 0.2) is 12.2 Å².